The van der Waals surface area contributed by atoms with E-state index in [1.807, 2.05) is 63.2 Å². The predicted molar refractivity (Wildman–Crippen MR) is 125 cm³/mol. The number of anilines is 1. The van der Waals surface area contributed by atoms with Gasteiger partial charge < -0.3 is 5.32 Å². The average molecular weight is 431 g/mol. The van der Waals surface area contributed by atoms with Crippen LogP contribution in [0.1, 0.15) is 16.7 Å². The lowest BCUT2D eigenvalue weighted by atomic mass is 10.1. The molecule has 156 valence electrons. The molecule has 1 N–H and O–H groups in total. The predicted octanol–water partition coefficient (Wildman–Crippen LogP) is 4.44. The summed E-state index contributed by atoms with van der Waals surface area (Å²) in [6.45, 7) is 5.88. The number of carbonyl (C=O) groups is 1. The first kappa shape index (κ1) is 20.8. The SMILES string of the molecule is Cc1cccnc1-n1c(SCC(=O)Nc2cccc(C)c2C)nc2ccccc2c1=O. The fourth-order valence-electron chi connectivity index (χ4n) is 3.31. The van der Waals surface area contributed by atoms with Gasteiger partial charge in [0.15, 0.2) is 5.16 Å². The van der Waals surface area contributed by atoms with Gasteiger partial charge in [0.25, 0.3) is 5.56 Å². The Kier molecular flexibility index (Phi) is 5.86. The van der Waals surface area contributed by atoms with Crippen LogP contribution in [0.3, 0.4) is 0 Å². The number of hydrogen-bond acceptors (Lipinski definition) is 5. The summed E-state index contributed by atoms with van der Waals surface area (Å²) in [7, 11) is 0. The topological polar surface area (TPSA) is 76.9 Å². The number of carbonyl (C=O) groups excluding carboxylic acids is 1. The highest BCUT2D eigenvalue weighted by molar-refractivity contribution is 7.99. The van der Waals surface area contributed by atoms with Gasteiger partial charge in [-0.05, 0) is 61.7 Å². The average Bonchev–Trinajstić information content (AvgIpc) is 2.76. The van der Waals surface area contributed by atoms with Crippen molar-refractivity contribution in [3.05, 3.63) is 87.8 Å². The largest absolute Gasteiger partial charge is 0.325 e. The van der Waals surface area contributed by atoms with Crippen molar-refractivity contribution in [1.82, 2.24) is 14.5 Å². The van der Waals surface area contributed by atoms with Crippen molar-refractivity contribution in [2.45, 2.75) is 25.9 Å². The molecule has 6 nitrogen and oxygen atoms in total. The summed E-state index contributed by atoms with van der Waals surface area (Å²) >= 11 is 1.22. The smallest absolute Gasteiger partial charge is 0.267 e. The molecular weight excluding hydrogens is 408 g/mol. The number of fused-ring (bicyclic) bond motifs is 1. The standard InChI is InChI=1S/C24H22N4O2S/c1-15-8-6-12-19(17(15)3)26-21(29)14-31-24-27-20-11-5-4-10-18(20)23(30)28(24)22-16(2)9-7-13-25-22/h4-13H,14H2,1-3H3,(H,26,29). The van der Waals surface area contributed by atoms with E-state index in [1.165, 1.54) is 16.3 Å². The minimum atomic E-state index is -0.204. The van der Waals surface area contributed by atoms with Gasteiger partial charge in [0, 0.05) is 11.9 Å². The maximum Gasteiger partial charge on any atom is 0.267 e. The number of pyridine rings is 1. The summed E-state index contributed by atoms with van der Waals surface area (Å²) < 4.78 is 1.49. The molecule has 0 atom stereocenters. The minimum absolute atomic E-state index is 0.115. The second-order valence-corrected chi connectivity index (χ2v) is 8.22. The Morgan fingerprint density at radius 2 is 1.77 bits per heavy atom. The summed E-state index contributed by atoms with van der Waals surface area (Å²) in [5, 5.41) is 3.90. The van der Waals surface area contributed by atoms with Crippen molar-refractivity contribution in [1.29, 1.82) is 0 Å². The Balaban J connectivity index is 1.69. The van der Waals surface area contributed by atoms with Gasteiger partial charge in [-0.1, -0.05) is 42.1 Å². The molecule has 4 rings (SSSR count). The van der Waals surface area contributed by atoms with Gasteiger partial charge >= 0.3 is 0 Å². The van der Waals surface area contributed by atoms with Gasteiger partial charge in [-0.15, -0.1) is 0 Å². The van der Waals surface area contributed by atoms with Crippen LogP contribution in [0.2, 0.25) is 0 Å². The number of rotatable bonds is 5. The monoisotopic (exact) mass is 430 g/mol. The molecule has 31 heavy (non-hydrogen) atoms. The van der Waals surface area contributed by atoms with Crippen molar-refractivity contribution in [2.75, 3.05) is 11.1 Å². The number of amides is 1. The Labute approximate surface area is 184 Å². The number of aryl methyl sites for hydroxylation is 2. The zero-order valence-corrected chi connectivity index (χ0v) is 18.4. The zero-order valence-electron chi connectivity index (χ0n) is 17.5. The molecule has 2 heterocycles. The second-order valence-electron chi connectivity index (χ2n) is 7.28. The fraction of sp³-hybridized carbons (Fsp3) is 0.167. The van der Waals surface area contributed by atoms with E-state index in [1.54, 1.807) is 18.3 Å². The summed E-state index contributed by atoms with van der Waals surface area (Å²) in [4.78, 5) is 35.0. The van der Waals surface area contributed by atoms with E-state index in [0.29, 0.717) is 21.9 Å². The molecule has 2 aromatic heterocycles. The number of aromatic nitrogens is 3. The van der Waals surface area contributed by atoms with Crippen molar-refractivity contribution in [3.63, 3.8) is 0 Å². The maximum absolute atomic E-state index is 13.3. The third-order valence-electron chi connectivity index (χ3n) is 5.15. The number of nitrogens with one attached hydrogen (secondary N) is 1. The molecule has 0 aliphatic carbocycles. The van der Waals surface area contributed by atoms with Crippen LogP contribution in [0, 0.1) is 20.8 Å². The third kappa shape index (κ3) is 4.22. The minimum Gasteiger partial charge on any atom is -0.325 e. The van der Waals surface area contributed by atoms with E-state index in [4.69, 9.17) is 0 Å². The molecule has 2 aromatic carbocycles. The van der Waals surface area contributed by atoms with E-state index in [2.05, 4.69) is 15.3 Å². The lowest BCUT2D eigenvalue weighted by molar-refractivity contribution is -0.113. The Morgan fingerprint density at radius 1 is 1.00 bits per heavy atom. The summed E-state index contributed by atoms with van der Waals surface area (Å²) in [5.41, 5.74) is 4.17. The highest BCUT2D eigenvalue weighted by Crippen LogP contribution is 2.23. The number of nitrogens with zero attached hydrogens (tertiary/aromatic N) is 3. The van der Waals surface area contributed by atoms with Crippen molar-refractivity contribution >= 4 is 34.3 Å². The summed E-state index contributed by atoms with van der Waals surface area (Å²) in [6, 6.07) is 16.7. The molecule has 0 saturated heterocycles. The maximum atomic E-state index is 13.3. The lowest BCUT2D eigenvalue weighted by Crippen LogP contribution is -2.24. The molecule has 0 aliphatic rings. The first-order valence-electron chi connectivity index (χ1n) is 9.88. The van der Waals surface area contributed by atoms with Crippen LogP contribution in [0.5, 0.6) is 0 Å². The van der Waals surface area contributed by atoms with Crippen LogP contribution < -0.4 is 10.9 Å². The van der Waals surface area contributed by atoms with Gasteiger partial charge in [0.2, 0.25) is 5.91 Å². The van der Waals surface area contributed by atoms with E-state index in [-0.39, 0.29) is 17.2 Å². The van der Waals surface area contributed by atoms with E-state index < -0.39 is 0 Å². The molecule has 0 aliphatic heterocycles. The molecule has 0 spiro atoms. The first-order chi connectivity index (χ1) is 15.0. The van der Waals surface area contributed by atoms with Crippen molar-refractivity contribution in [3.8, 4) is 5.82 Å². The van der Waals surface area contributed by atoms with Crippen LogP contribution >= 0.6 is 11.8 Å². The molecule has 7 heteroatoms. The van der Waals surface area contributed by atoms with Crippen LogP contribution in [0.4, 0.5) is 5.69 Å². The Morgan fingerprint density at radius 3 is 2.58 bits per heavy atom. The van der Waals surface area contributed by atoms with Gasteiger partial charge in [-0.3, -0.25) is 9.59 Å². The molecule has 1 amide bonds. The van der Waals surface area contributed by atoms with Gasteiger partial charge in [-0.2, -0.15) is 0 Å². The van der Waals surface area contributed by atoms with E-state index >= 15 is 0 Å². The Hall–Kier alpha value is -3.45. The molecular formula is C24H22N4O2S. The highest BCUT2D eigenvalue weighted by atomic mass is 32.2. The quantitative estimate of drug-likeness (QED) is 0.374. The highest BCUT2D eigenvalue weighted by Gasteiger charge is 2.17. The molecule has 0 bridgehead atoms. The fourth-order valence-corrected chi connectivity index (χ4v) is 4.10. The summed E-state index contributed by atoms with van der Waals surface area (Å²) in [5.74, 6) is 0.470. The zero-order chi connectivity index (χ0) is 22.0. The third-order valence-corrected chi connectivity index (χ3v) is 6.09. The van der Waals surface area contributed by atoms with Gasteiger partial charge in [-0.25, -0.2) is 14.5 Å². The van der Waals surface area contributed by atoms with Crippen molar-refractivity contribution in [2.24, 2.45) is 0 Å². The summed E-state index contributed by atoms with van der Waals surface area (Å²) in [6.07, 6.45) is 1.64. The molecule has 0 unspecified atom stereocenters. The normalized spacial score (nSPS) is 10.9. The molecule has 0 saturated carbocycles. The van der Waals surface area contributed by atoms with E-state index in [9.17, 15) is 9.59 Å². The van der Waals surface area contributed by atoms with Crippen LogP contribution in [-0.4, -0.2) is 26.2 Å². The van der Waals surface area contributed by atoms with Crippen LogP contribution in [0.25, 0.3) is 16.7 Å². The second kappa shape index (κ2) is 8.73. The van der Waals surface area contributed by atoms with E-state index in [0.717, 1.165) is 22.4 Å². The molecule has 0 fully saturated rings. The Bertz CT molecular complexity index is 1350. The van der Waals surface area contributed by atoms with Crippen LogP contribution in [-0.2, 0) is 4.79 Å². The van der Waals surface area contributed by atoms with Gasteiger partial charge in [0.05, 0.1) is 16.7 Å². The number of hydrogen-bond donors (Lipinski definition) is 1. The molecule has 4 aromatic rings. The van der Waals surface area contributed by atoms with Crippen molar-refractivity contribution < 1.29 is 4.79 Å². The van der Waals surface area contributed by atoms with Crippen LogP contribution in [0.15, 0.2) is 70.7 Å². The lowest BCUT2D eigenvalue weighted by Gasteiger charge is -2.14. The number of thioether (sulfide) groups is 1. The number of para-hydroxylation sites is 1. The number of benzene rings is 2. The first-order valence-corrected chi connectivity index (χ1v) is 10.9. The molecule has 0 radical (unpaired) electrons. The van der Waals surface area contributed by atoms with Gasteiger partial charge in [0.1, 0.15) is 5.82 Å².